The minimum absolute atomic E-state index is 0. The number of hydrogen-bond donors (Lipinski definition) is 1. The summed E-state index contributed by atoms with van der Waals surface area (Å²) in [4.78, 5) is 19.8. The average molecular weight is 392 g/mol. The lowest BCUT2D eigenvalue weighted by molar-refractivity contribution is 0.0626. The Bertz CT molecular complexity index is 629. The molecule has 5 nitrogen and oxygen atoms in total. The molecule has 1 fully saturated rings. The van der Waals surface area contributed by atoms with Crippen molar-refractivity contribution in [2.75, 3.05) is 19.6 Å². The number of amides is 1. The van der Waals surface area contributed by atoms with Gasteiger partial charge in [-0.05, 0) is 28.1 Å². The number of rotatable bonds is 2. The van der Waals surface area contributed by atoms with Crippen LogP contribution in [0.25, 0.3) is 0 Å². The van der Waals surface area contributed by atoms with Crippen molar-refractivity contribution in [2.24, 2.45) is 7.05 Å². The summed E-state index contributed by atoms with van der Waals surface area (Å²) >= 11 is 4.88. The van der Waals surface area contributed by atoms with Crippen molar-refractivity contribution in [3.8, 4) is 0 Å². The number of aryl methyl sites for hydroxylation is 1. The molecule has 114 valence electrons. The highest BCUT2D eigenvalue weighted by molar-refractivity contribution is 9.11. The topological polar surface area (TPSA) is 50.2 Å². The van der Waals surface area contributed by atoms with Crippen molar-refractivity contribution in [1.29, 1.82) is 0 Å². The van der Waals surface area contributed by atoms with Crippen molar-refractivity contribution in [1.82, 2.24) is 19.8 Å². The highest BCUT2D eigenvalue weighted by Gasteiger charge is 2.31. The zero-order valence-corrected chi connectivity index (χ0v) is 14.7. The molecule has 0 radical (unpaired) electrons. The normalized spacial score (nSPS) is 18.4. The van der Waals surface area contributed by atoms with Gasteiger partial charge in [0.2, 0.25) is 0 Å². The van der Waals surface area contributed by atoms with Gasteiger partial charge in [0.15, 0.2) is 0 Å². The summed E-state index contributed by atoms with van der Waals surface area (Å²) in [6.07, 6.45) is 3.68. The number of aromatic nitrogens is 2. The quantitative estimate of drug-likeness (QED) is 0.855. The van der Waals surface area contributed by atoms with Gasteiger partial charge in [0.1, 0.15) is 11.9 Å². The number of imidazole rings is 1. The molecule has 3 rings (SSSR count). The van der Waals surface area contributed by atoms with Crippen LogP contribution in [0, 0.1) is 0 Å². The van der Waals surface area contributed by atoms with E-state index in [9.17, 15) is 4.79 Å². The molecule has 1 saturated heterocycles. The van der Waals surface area contributed by atoms with Gasteiger partial charge >= 0.3 is 0 Å². The molecule has 0 saturated carbocycles. The second kappa shape index (κ2) is 6.91. The predicted octanol–water partition coefficient (Wildman–Crippen LogP) is 2.45. The van der Waals surface area contributed by atoms with Gasteiger partial charge in [0, 0.05) is 39.1 Å². The number of hydrogen-bond acceptors (Lipinski definition) is 4. The minimum atomic E-state index is -0.0166. The predicted molar refractivity (Wildman–Crippen MR) is 89.1 cm³/mol. The maximum atomic E-state index is 12.7. The molecule has 0 bridgehead atoms. The van der Waals surface area contributed by atoms with Crippen molar-refractivity contribution in [3.05, 3.63) is 39.0 Å². The zero-order valence-electron chi connectivity index (χ0n) is 11.5. The second-order valence-corrected chi connectivity index (χ2v) is 7.18. The first-order valence-corrected chi connectivity index (χ1v) is 8.02. The minimum Gasteiger partial charge on any atom is -0.336 e. The molecule has 8 heteroatoms. The fourth-order valence-electron chi connectivity index (χ4n) is 2.45. The van der Waals surface area contributed by atoms with Gasteiger partial charge in [-0.3, -0.25) is 4.79 Å². The lowest BCUT2D eigenvalue weighted by Gasteiger charge is -2.35. The summed E-state index contributed by atoms with van der Waals surface area (Å²) in [5.74, 6) is 0.997. The van der Waals surface area contributed by atoms with Crippen LogP contribution >= 0.6 is 39.7 Å². The van der Waals surface area contributed by atoms with E-state index in [1.807, 2.05) is 34.8 Å². The molecule has 1 unspecified atom stereocenters. The average Bonchev–Trinajstić information content (AvgIpc) is 3.07. The smallest absolute Gasteiger partial charge is 0.264 e. The largest absolute Gasteiger partial charge is 0.336 e. The molecule has 1 aliphatic heterocycles. The first-order valence-electron chi connectivity index (χ1n) is 6.41. The third kappa shape index (κ3) is 3.31. The molecule has 21 heavy (non-hydrogen) atoms. The standard InChI is InChI=1S/C13H15BrN4OS.ClH/c1-17-6-5-16-12(17)9-8-15-4-7-18(9)13(19)10-2-3-11(14)20-10;/h2-3,5-6,9,15H,4,7-8H2,1H3;1H. The van der Waals surface area contributed by atoms with Gasteiger partial charge in [-0.25, -0.2) is 4.98 Å². The number of halogens is 2. The second-order valence-electron chi connectivity index (χ2n) is 4.72. The van der Waals surface area contributed by atoms with Crippen LogP contribution in [0.3, 0.4) is 0 Å². The third-order valence-corrected chi connectivity index (χ3v) is 5.06. The Morgan fingerprint density at radius 2 is 2.33 bits per heavy atom. The van der Waals surface area contributed by atoms with E-state index in [0.717, 1.165) is 27.6 Å². The number of carbonyl (C=O) groups excluding carboxylic acids is 1. The number of carbonyl (C=O) groups is 1. The summed E-state index contributed by atoms with van der Waals surface area (Å²) in [7, 11) is 1.96. The van der Waals surface area contributed by atoms with Crippen LogP contribution in [-0.4, -0.2) is 40.0 Å². The molecule has 0 aliphatic carbocycles. The van der Waals surface area contributed by atoms with E-state index in [0.29, 0.717) is 6.54 Å². The fourth-order valence-corrected chi connectivity index (χ4v) is 3.79. The molecule has 1 atom stereocenters. The molecule has 2 aromatic rings. The van der Waals surface area contributed by atoms with E-state index in [1.54, 1.807) is 6.20 Å². The van der Waals surface area contributed by atoms with Crippen LogP contribution in [0.15, 0.2) is 28.3 Å². The summed E-state index contributed by atoms with van der Waals surface area (Å²) in [5.41, 5.74) is 0. The Hall–Kier alpha value is -0.890. The molecule has 3 heterocycles. The molecular weight excluding hydrogens is 376 g/mol. The monoisotopic (exact) mass is 390 g/mol. The Balaban J connectivity index is 0.00000161. The zero-order chi connectivity index (χ0) is 14.1. The van der Waals surface area contributed by atoms with E-state index in [-0.39, 0.29) is 24.4 Å². The van der Waals surface area contributed by atoms with Crippen molar-refractivity contribution in [3.63, 3.8) is 0 Å². The Labute approximate surface area is 141 Å². The fraction of sp³-hybridized carbons (Fsp3) is 0.385. The molecular formula is C13H16BrClN4OS. The molecule has 1 aliphatic rings. The SMILES string of the molecule is Cl.Cn1ccnc1C1CNCCN1C(=O)c1ccc(Br)s1. The van der Waals surface area contributed by atoms with Gasteiger partial charge in [-0.1, -0.05) is 0 Å². The Morgan fingerprint density at radius 1 is 1.52 bits per heavy atom. The number of nitrogens with one attached hydrogen (secondary N) is 1. The van der Waals surface area contributed by atoms with Crippen molar-refractivity contribution in [2.45, 2.75) is 6.04 Å². The number of thiophene rings is 1. The summed E-state index contributed by atoms with van der Waals surface area (Å²) in [5, 5.41) is 3.34. The van der Waals surface area contributed by atoms with Crippen molar-refractivity contribution >= 4 is 45.6 Å². The Morgan fingerprint density at radius 3 is 2.95 bits per heavy atom. The van der Waals surface area contributed by atoms with E-state index < -0.39 is 0 Å². The summed E-state index contributed by atoms with van der Waals surface area (Å²) in [6, 6.07) is 3.77. The van der Waals surface area contributed by atoms with Gasteiger partial charge in [-0.15, -0.1) is 23.7 Å². The van der Waals surface area contributed by atoms with Crippen molar-refractivity contribution < 1.29 is 4.79 Å². The molecule has 1 N–H and O–H groups in total. The summed E-state index contributed by atoms with van der Waals surface area (Å²) in [6.45, 7) is 2.26. The summed E-state index contributed by atoms with van der Waals surface area (Å²) < 4.78 is 2.95. The van der Waals surface area contributed by atoms with Crippen LogP contribution in [0.2, 0.25) is 0 Å². The molecule has 2 aromatic heterocycles. The van der Waals surface area contributed by atoms with Crippen LogP contribution in [0.1, 0.15) is 21.5 Å². The first kappa shape index (κ1) is 16.5. The highest BCUT2D eigenvalue weighted by Crippen LogP contribution is 2.27. The van der Waals surface area contributed by atoms with Gasteiger partial charge in [0.05, 0.1) is 8.66 Å². The van der Waals surface area contributed by atoms with Crippen LogP contribution in [0.5, 0.6) is 0 Å². The number of nitrogens with zero attached hydrogens (tertiary/aromatic N) is 3. The Kier molecular flexibility index (Phi) is 5.43. The number of piperazine rings is 1. The van der Waals surface area contributed by atoms with Gasteiger partial charge < -0.3 is 14.8 Å². The lowest BCUT2D eigenvalue weighted by Crippen LogP contribution is -2.49. The molecule has 0 aromatic carbocycles. The third-order valence-electron chi connectivity index (χ3n) is 3.44. The van der Waals surface area contributed by atoms with E-state index in [1.165, 1.54) is 11.3 Å². The van der Waals surface area contributed by atoms with E-state index in [4.69, 9.17) is 0 Å². The van der Waals surface area contributed by atoms with E-state index >= 15 is 0 Å². The lowest BCUT2D eigenvalue weighted by atomic mass is 10.1. The maximum Gasteiger partial charge on any atom is 0.264 e. The van der Waals surface area contributed by atoms with E-state index in [2.05, 4.69) is 26.2 Å². The molecule has 1 amide bonds. The van der Waals surface area contributed by atoms with Crippen LogP contribution in [0.4, 0.5) is 0 Å². The maximum absolute atomic E-state index is 12.7. The van der Waals surface area contributed by atoms with Gasteiger partial charge in [0.25, 0.3) is 5.91 Å². The molecule has 0 spiro atoms. The van der Waals surface area contributed by atoms with Crippen LogP contribution < -0.4 is 5.32 Å². The van der Waals surface area contributed by atoms with Gasteiger partial charge in [-0.2, -0.15) is 0 Å². The highest BCUT2D eigenvalue weighted by atomic mass is 79.9. The van der Waals surface area contributed by atoms with Crippen LogP contribution in [-0.2, 0) is 7.05 Å². The first-order chi connectivity index (χ1) is 9.66.